The molecule has 2 aromatic rings. The number of nitrogens with zero attached hydrogens (tertiary/aromatic N) is 2. The van der Waals surface area contributed by atoms with Gasteiger partial charge in [0.25, 0.3) is 11.8 Å². The Morgan fingerprint density at radius 1 is 1.06 bits per heavy atom. The van der Waals surface area contributed by atoms with E-state index in [1.165, 1.54) is 0 Å². The summed E-state index contributed by atoms with van der Waals surface area (Å²) in [4.78, 5) is 42.0. The Morgan fingerprint density at radius 3 is 2.53 bits per heavy atom. The fraction of sp³-hybridized carbons (Fsp3) is 0.519. The fourth-order valence-electron chi connectivity index (χ4n) is 5.20. The minimum atomic E-state index is -0.484. The van der Waals surface area contributed by atoms with E-state index in [1.54, 1.807) is 24.1 Å². The zero-order valence-corrected chi connectivity index (χ0v) is 20.2. The molecule has 182 valence electrons. The molecule has 0 spiro atoms. The van der Waals surface area contributed by atoms with Crippen LogP contribution in [0.25, 0.3) is 0 Å². The van der Waals surface area contributed by atoms with Crippen LogP contribution < -0.4 is 15.5 Å². The lowest BCUT2D eigenvalue weighted by Crippen LogP contribution is -2.46. The highest BCUT2D eigenvalue weighted by molar-refractivity contribution is 5.99. The quantitative estimate of drug-likeness (QED) is 0.671. The normalized spacial score (nSPS) is 18.6. The van der Waals surface area contributed by atoms with Crippen molar-refractivity contribution in [1.29, 1.82) is 0 Å². The molecule has 1 aromatic carbocycles. The van der Waals surface area contributed by atoms with Gasteiger partial charge >= 0.3 is 0 Å². The Hall–Kier alpha value is -3.09. The van der Waals surface area contributed by atoms with Crippen LogP contribution in [0.15, 0.2) is 41.5 Å². The van der Waals surface area contributed by atoms with Crippen LogP contribution in [0.1, 0.15) is 84.6 Å². The topological polar surface area (TPSA) is 80.6 Å². The van der Waals surface area contributed by atoms with Crippen molar-refractivity contribution >= 4 is 11.8 Å². The van der Waals surface area contributed by atoms with Gasteiger partial charge in [-0.2, -0.15) is 0 Å². The third-order valence-electron chi connectivity index (χ3n) is 7.10. The monoisotopic (exact) mass is 465 g/mol. The van der Waals surface area contributed by atoms with Crippen molar-refractivity contribution in [2.75, 3.05) is 13.7 Å². The molecular weight excluding hydrogens is 430 g/mol. The number of rotatable bonds is 7. The number of likely N-dealkylation sites (tertiary alicyclic amines) is 1. The number of pyridine rings is 1. The Bertz CT molecular complexity index is 1090. The molecule has 1 aromatic heterocycles. The van der Waals surface area contributed by atoms with Crippen LogP contribution in [0, 0.1) is 0 Å². The Labute approximate surface area is 201 Å². The molecule has 4 rings (SSSR count). The van der Waals surface area contributed by atoms with Crippen LogP contribution in [0.2, 0.25) is 0 Å². The van der Waals surface area contributed by atoms with Gasteiger partial charge in [0.1, 0.15) is 16.9 Å². The second-order valence-corrected chi connectivity index (χ2v) is 9.45. The molecule has 0 radical (unpaired) electrons. The first-order chi connectivity index (χ1) is 16.5. The predicted octanol–water partition coefficient (Wildman–Crippen LogP) is 3.98. The van der Waals surface area contributed by atoms with Gasteiger partial charge in [-0.1, -0.05) is 31.9 Å². The lowest BCUT2D eigenvalue weighted by molar-refractivity contribution is 0.0605. The zero-order valence-electron chi connectivity index (χ0n) is 20.2. The van der Waals surface area contributed by atoms with E-state index >= 15 is 0 Å². The number of benzene rings is 1. The maximum Gasteiger partial charge on any atom is 0.259 e. The third kappa shape index (κ3) is 5.34. The van der Waals surface area contributed by atoms with Crippen LogP contribution >= 0.6 is 0 Å². The summed E-state index contributed by atoms with van der Waals surface area (Å²) in [7, 11) is 1.61. The molecule has 1 aliphatic carbocycles. The van der Waals surface area contributed by atoms with Crippen LogP contribution in [0.4, 0.5) is 0 Å². The number of aromatic nitrogens is 1. The molecule has 1 saturated heterocycles. The van der Waals surface area contributed by atoms with E-state index in [4.69, 9.17) is 4.74 Å². The molecular formula is C27H35N3O4. The largest absolute Gasteiger partial charge is 0.497 e. The molecule has 1 N–H and O–H groups in total. The van der Waals surface area contributed by atoms with Crippen molar-refractivity contribution in [3.63, 3.8) is 0 Å². The lowest BCUT2D eigenvalue weighted by Gasteiger charge is -2.35. The Balaban J connectivity index is 1.71. The summed E-state index contributed by atoms with van der Waals surface area (Å²) in [5.74, 6) is 0.0660. The van der Waals surface area contributed by atoms with E-state index in [9.17, 15) is 14.4 Å². The molecule has 2 amide bonds. The summed E-state index contributed by atoms with van der Waals surface area (Å²) in [5, 5.41) is 3.01. The molecule has 7 nitrogen and oxygen atoms in total. The standard InChI is InChI=1S/C27H35N3O4/c1-3-21-12-6-7-14-30(21)27(33)24-18-29(16-19-9-8-13-22(15-19)34-2)17-23(25(24)31)26(32)28-20-10-4-5-11-20/h8-9,13,15,17-18,20-21H,3-7,10-12,14,16H2,1-2H3,(H,28,32)/t21-/m1/s1. The Morgan fingerprint density at radius 2 is 1.79 bits per heavy atom. The van der Waals surface area contributed by atoms with E-state index in [-0.39, 0.29) is 29.1 Å². The van der Waals surface area contributed by atoms with E-state index in [1.807, 2.05) is 29.2 Å². The smallest absolute Gasteiger partial charge is 0.259 e. The zero-order chi connectivity index (χ0) is 24.1. The second-order valence-electron chi connectivity index (χ2n) is 9.45. The van der Waals surface area contributed by atoms with Gasteiger partial charge in [0.05, 0.1) is 7.11 Å². The first-order valence-corrected chi connectivity index (χ1v) is 12.5. The third-order valence-corrected chi connectivity index (χ3v) is 7.10. The van der Waals surface area contributed by atoms with Gasteiger partial charge in [-0.3, -0.25) is 14.4 Å². The summed E-state index contributed by atoms with van der Waals surface area (Å²) >= 11 is 0. The molecule has 7 heteroatoms. The number of methoxy groups -OCH3 is 1. The summed E-state index contributed by atoms with van der Waals surface area (Å²) in [6, 6.07) is 7.85. The van der Waals surface area contributed by atoms with E-state index < -0.39 is 11.3 Å². The molecule has 34 heavy (non-hydrogen) atoms. The number of hydrogen-bond acceptors (Lipinski definition) is 4. The molecule has 2 fully saturated rings. The van der Waals surface area contributed by atoms with Crippen LogP contribution in [-0.4, -0.2) is 47.0 Å². The number of ether oxygens (including phenoxy) is 1. The van der Waals surface area contributed by atoms with Gasteiger partial charge in [-0.25, -0.2) is 0 Å². The van der Waals surface area contributed by atoms with Crippen molar-refractivity contribution in [3.05, 3.63) is 63.6 Å². The number of carbonyl (C=O) groups excluding carboxylic acids is 2. The highest BCUT2D eigenvalue weighted by Gasteiger charge is 2.30. The van der Waals surface area contributed by atoms with Crippen molar-refractivity contribution in [2.24, 2.45) is 0 Å². The highest BCUT2D eigenvalue weighted by Crippen LogP contribution is 2.22. The van der Waals surface area contributed by atoms with E-state index in [0.29, 0.717) is 13.1 Å². The maximum atomic E-state index is 13.6. The van der Waals surface area contributed by atoms with Gasteiger partial charge < -0.3 is 19.5 Å². The first kappa shape index (κ1) is 24.0. The number of piperidine rings is 1. The lowest BCUT2D eigenvalue weighted by atomic mass is 9.98. The molecule has 0 unspecified atom stereocenters. The predicted molar refractivity (Wildman–Crippen MR) is 131 cm³/mol. The summed E-state index contributed by atoms with van der Waals surface area (Å²) < 4.78 is 7.10. The van der Waals surface area contributed by atoms with Gasteiger partial charge in [0.2, 0.25) is 5.43 Å². The van der Waals surface area contributed by atoms with Crippen LogP contribution in [-0.2, 0) is 6.54 Å². The summed E-state index contributed by atoms with van der Waals surface area (Å²) in [6.07, 6.45) is 11.0. The Kier molecular flexibility index (Phi) is 7.70. The maximum absolute atomic E-state index is 13.6. The number of amides is 2. The average molecular weight is 466 g/mol. The van der Waals surface area contributed by atoms with Crippen LogP contribution in [0.3, 0.4) is 0 Å². The van der Waals surface area contributed by atoms with Crippen molar-refractivity contribution in [2.45, 2.75) is 76.9 Å². The van der Waals surface area contributed by atoms with Gasteiger partial charge in [0.15, 0.2) is 0 Å². The molecule has 1 saturated carbocycles. The van der Waals surface area contributed by atoms with Crippen molar-refractivity contribution in [1.82, 2.24) is 14.8 Å². The second kappa shape index (κ2) is 10.9. The van der Waals surface area contributed by atoms with Gasteiger partial charge in [0, 0.05) is 37.6 Å². The van der Waals surface area contributed by atoms with Crippen LogP contribution in [0.5, 0.6) is 5.75 Å². The summed E-state index contributed by atoms with van der Waals surface area (Å²) in [6.45, 7) is 3.13. The molecule has 2 aliphatic rings. The molecule has 1 atom stereocenters. The first-order valence-electron chi connectivity index (χ1n) is 12.5. The molecule has 0 bridgehead atoms. The SMILES string of the molecule is CC[C@@H]1CCCCN1C(=O)c1cn(Cc2cccc(OC)c2)cc(C(=O)NC2CCCC2)c1=O. The minimum Gasteiger partial charge on any atom is -0.497 e. The van der Waals surface area contributed by atoms with Crippen molar-refractivity contribution < 1.29 is 14.3 Å². The number of nitrogens with one attached hydrogen (secondary N) is 1. The molecule has 2 heterocycles. The molecule has 1 aliphatic heterocycles. The van der Waals surface area contributed by atoms with Gasteiger partial charge in [-0.15, -0.1) is 0 Å². The van der Waals surface area contributed by atoms with E-state index in [0.717, 1.165) is 62.7 Å². The van der Waals surface area contributed by atoms with Gasteiger partial charge in [-0.05, 0) is 56.2 Å². The van der Waals surface area contributed by atoms with E-state index in [2.05, 4.69) is 12.2 Å². The minimum absolute atomic E-state index is 0.0331. The average Bonchev–Trinajstić information content (AvgIpc) is 3.37. The fourth-order valence-corrected chi connectivity index (χ4v) is 5.20. The summed E-state index contributed by atoms with van der Waals surface area (Å²) in [5.41, 5.74) is 0.573. The number of hydrogen-bond donors (Lipinski definition) is 1. The highest BCUT2D eigenvalue weighted by atomic mass is 16.5. The number of carbonyl (C=O) groups is 2. The van der Waals surface area contributed by atoms with Crippen molar-refractivity contribution in [3.8, 4) is 5.75 Å².